The molecule has 120 valence electrons. The quantitative estimate of drug-likeness (QED) is 0.796. The molecule has 0 saturated heterocycles. The van der Waals surface area contributed by atoms with Crippen molar-refractivity contribution in [2.45, 2.75) is 45.7 Å². The van der Waals surface area contributed by atoms with E-state index < -0.39 is 0 Å². The van der Waals surface area contributed by atoms with Gasteiger partial charge in [0.05, 0.1) is 7.11 Å². The maximum atomic E-state index is 14.0. The summed E-state index contributed by atoms with van der Waals surface area (Å²) in [7, 11) is 3.64. The minimum absolute atomic E-state index is 0.292. The normalized spacial score (nSPS) is 14.5. The molecule has 0 bridgehead atoms. The van der Waals surface area contributed by atoms with Gasteiger partial charge in [0.2, 0.25) is 0 Å². The summed E-state index contributed by atoms with van der Waals surface area (Å²) < 4.78 is 19.2. The third kappa shape index (κ3) is 5.29. The fourth-order valence-electron chi connectivity index (χ4n) is 2.62. The van der Waals surface area contributed by atoms with Gasteiger partial charge in [0.15, 0.2) is 0 Å². The first-order chi connectivity index (χ1) is 9.86. The second kappa shape index (κ2) is 8.35. The molecule has 1 aromatic rings. The molecule has 1 aromatic carbocycles. The van der Waals surface area contributed by atoms with Crippen molar-refractivity contribution in [2.75, 3.05) is 20.7 Å². The molecule has 0 aromatic heterocycles. The summed E-state index contributed by atoms with van der Waals surface area (Å²) in [6.07, 6.45) is 1.85. The number of hydrogen-bond acceptors (Lipinski definition) is 3. The highest BCUT2D eigenvalue weighted by atomic mass is 19.1. The van der Waals surface area contributed by atoms with Crippen molar-refractivity contribution >= 4 is 0 Å². The maximum Gasteiger partial charge on any atom is 0.131 e. The Kier molecular flexibility index (Phi) is 7.12. The van der Waals surface area contributed by atoms with Crippen molar-refractivity contribution in [1.82, 2.24) is 4.90 Å². The van der Waals surface area contributed by atoms with E-state index >= 15 is 0 Å². The molecule has 0 spiro atoms. The summed E-state index contributed by atoms with van der Waals surface area (Å²) in [6.45, 7) is 7.50. The lowest BCUT2D eigenvalue weighted by Gasteiger charge is -2.27. The molecule has 0 saturated carbocycles. The Labute approximate surface area is 128 Å². The lowest BCUT2D eigenvalue weighted by Crippen LogP contribution is -2.32. The maximum absolute atomic E-state index is 14.0. The Hall–Kier alpha value is -1.13. The highest BCUT2D eigenvalue weighted by molar-refractivity contribution is 5.37. The molecule has 0 aliphatic heterocycles. The topological polar surface area (TPSA) is 38.5 Å². The highest BCUT2D eigenvalue weighted by Gasteiger charge is 2.18. The standard InChI is InChI=1S/C17H29FN2O/c1-12(2)11-13(3)20(4)10-9-15(19)17-14(18)7-6-8-16(17)21-5/h6-8,12-13,15H,9-11,19H2,1-5H3. The van der Waals surface area contributed by atoms with Gasteiger partial charge in [0.1, 0.15) is 11.6 Å². The van der Waals surface area contributed by atoms with Crippen LogP contribution in [0, 0.1) is 11.7 Å². The van der Waals surface area contributed by atoms with Gasteiger partial charge in [0.25, 0.3) is 0 Å². The van der Waals surface area contributed by atoms with E-state index in [1.165, 1.54) is 6.07 Å². The third-order valence-corrected chi connectivity index (χ3v) is 3.96. The van der Waals surface area contributed by atoms with Gasteiger partial charge < -0.3 is 15.4 Å². The Balaban J connectivity index is 2.64. The summed E-state index contributed by atoms with van der Waals surface area (Å²) >= 11 is 0. The second-order valence-electron chi connectivity index (χ2n) is 6.21. The number of hydrogen-bond donors (Lipinski definition) is 1. The van der Waals surface area contributed by atoms with Crippen LogP contribution in [-0.2, 0) is 0 Å². The van der Waals surface area contributed by atoms with Gasteiger partial charge in [-0.3, -0.25) is 0 Å². The molecule has 0 aliphatic rings. The van der Waals surface area contributed by atoms with Crippen LogP contribution >= 0.6 is 0 Å². The van der Waals surface area contributed by atoms with Gasteiger partial charge in [0, 0.05) is 17.6 Å². The van der Waals surface area contributed by atoms with E-state index in [0.717, 1.165) is 13.0 Å². The minimum Gasteiger partial charge on any atom is -0.496 e. The van der Waals surface area contributed by atoms with Crippen LogP contribution in [0.2, 0.25) is 0 Å². The van der Waals surface area contributed by atoms with E-state index in [1.807, 2.05) is 0 Å². The molecule has 4 heteroatoms. The Bertz CT molecular complexity index is 437. The van der Waals surface area contributed by atoms with Crippen LogP contribution < -0.4 is 10.5 Å². The van der Waals surface area contributed by atoms with Gasteiger partial charge in [-0.1, -0.05) is 19.9 Å². The van der Waals surface area contributed by atoms with Crippen LogP contribution in [0.15, 0.2) is 18.2 Å². The largest absolute Gasteiger partial charge is 0.496 e. The number of rotatable bonds is 8. The number of halogens is 1. The van der Waals surface area contributed by atoms with Gasteiger partial charge in [-0.05, 0) is 51.4 Å². The average Bonchev–Trinajstić information content (AvgIpc) is 2.43. The molecule has 0 amide bonds. The van der Waals surface area contributed by atoms with E-state index in [4.69, 9.17) is 10.5 Å². The molecular formula is C17H29FN2O. The number of nitrogens with zero attached hydrogens (tertiary/aromatic N) is 1. The highest BCUT2D eigenvalue weighted by Crippen LogP contribution is 2.28. The number of ether oxygens (including phenoxy) is 1. The van der Waals surface area contributed by atoms with E-state index in [2.05, 4.69) is 32.7 Å². The lowest BCUT2D eigenvalue weighted by molar-refractivity contribution is 0.220. The summed E-state index contributed by atoms with van der Waals surface area (Å²) in [5.74, 6) is 0.905. The van der Waals surface area contributed by atoms with E-state index in [0.29, 0.717) is 29.7 Å². The van der Waals surface area contributed by atoms with E-state index in [1.54, 1.807) is 19.2 Å². The van der Waals surface area contributed by atoms with E-state index in [-0.39, 0.29) is 11.9 Å². The van der Waals surface area contributed by atoms with Crippen LogP contribution in [-0.4, -0.2) is 31.6 Å². The average molecular weight is 296 g/mol. The summed E-state index contributed by atoms with van der Waals surface area (Å²) in [4.78, 5) is 2.28. The van der Waals surface area contributed by atoms with Crippen molar-refractivity contribution in [1.29, 1.82) is 0 Å². The first-order valence-corrected chi connectivity index (χ1v) is 7.65. The van der Waals surface area contributed by atoms with Crippen molar-refractivity contribution in [2.24, 2.45) is 11.7 Å². The lowest BCUT2D eigenvalue weighted by atomic mass is 10.0. The van der Waals surface area contributed by atoms with Crippen LogP contribution in [0.1, 0.15) is 45.2 Å². The van der Waals surface area contributed by atoms with Gasteiger partial charge in [-0.25, -0.2) is 4.39 Å². The van der Waals surface area contributed by atoms with Crippen molar-refractivity contribution in [3.8, 4) is 5.75 Å². The zero-order valence-electron chi connectivity index (χ0n) is 13.9. The Morgan fingerprint density at radius 3 is 2.52 bits per heavy atom. The van der Waals surface area contributed by atoms with Crippen molar-refractivity contribution in [3.63, 3.8) is 0 Å². The fraction of sp³-hybridized carbons (Fsp3) is 0.647. The Morgan fingerprint density at radius 2 is 1.95 bits per heavy atom. The molecule has 2 unspecified atom stereocenters. The minimum atomic E-state index is -0.352. The van der Waals surface area contributed by atoms with Gasteiger partial charge >= 0.3 is 0 Å². The monoisotopic (exact) mass is 296 g/mol. The number of benzene rings is 1. The third-order valence-electron chi connectivity index (χ3n) is 3.96. The first-order valence-electron chi connectivity index (χ1n) is 7.65. The predicted molar refractivity (Wildman–Crippen MR) is 86.0 cm³/mol. The van der Waals surface area contributed by atoms with Crippen LogP contribution in [0.4, 0.5) is 4.39 Å². The first kappa shape index (κ1) is 17.9. The van der Waals surface area contributed by atoms with Crippen LogP contribution in [0.25, 0.3) is 0 Å². The fourth-order valence-corrected chi connectivity index (χ4v) is 2.62. The molecule has 0 aliphatic carbocycles. The zero-order valence-corrected chi connectivity index (χ0v) is 13.9. The van der Waals surface area contributed by atoms with Crippen molar-refractivity contribution < 1.29 is 9.13 Å². The Morgan fingerprint density at radius 1 is 1.29 bits per heavy atom. The molecule has 0 fully saturated rings. The molecule has 21 heavy (non-hydrogen) atoms. The molecule has 0 radical (unpaired) electrons. The SMILES string of the molecule is COc1cccc(F)c1C(N)CCN(C)C(C)CC(C)C. The van der Waals surface area contributed by atoms with Crippen LogP contribution in [0.5, 0.6) is 5.75 Å². The van der Waals surface area contributed by atoms with E-state index in [9.17, 15) is 4.39 Å². The smallest absolute Gasteiger partial charge is 0.131 e. The van der Waals surface area contributed by atoms with Gasteiger partial charge in [-0.2, -0.15) is 0 Å². The van der Waals surface area contributed by atoms with Crippen LogP contribution in [0.3, 0.4) is 0 Å². The summed E-state index contributed by atoms with van der Waals surface area (Å²) in [5, 5.41) is 0. The molecule has 3 nitrogen and oxygen atoms in total. The molecule has 2 atom stereocenters. The summed E-state index contributed by atoms with van der Waals surface area (Å²) in [5.41, 5.74) is 6.65. The number of nitrogens with two attached hydrogens (primary N) is 1. The summed E-state index contributed by atoms with van der Waals surface area (Å²) in [6, 6.07) is 4.97. The molecule has 0 heterocycles. The zero-order chi connectivity index (χ0) is 16.0. The number of methoxy groups -OCH3 is 1. The van der Waals surface area contributed by atoms with Gasteiger partial charge in [-0.15, -0.1) is 0 Å². The predicted octanol–water partition coefficient (Wildman–Crippen LogP) is 3.59. The molecule has 1 rings (SSSR count). The second-order valence-corrected chi connectivity index (χ2v) is 6.21. The molecular weight excluding hydrogens is 267 g/mol. The van der Waals surface area contributed by atoms with Crippen molar-refractivity contribution in [3.05, 3.63) is 29.6 Å². The molecule has 2 N–H and O–H groups in total.